The van der Waals surface area contributed by atoms with Crippen LogP contribution in [0.15, 0.2) is 28.9 Å². The molecule has 2 bridgehead atoms. The molecule has 0 radical (unpaired) electrons. The van der Waals surface area contributed by atoms with Gasteiger partial charge in [0.25, 0.3) is 5.91 Å². The zero-order valence-corrected chi connectivity index (χ0v) is 14.8. The molecule has 1 aliphatic rings. The van der Waals surface area contributed by atoms with Crippen LogP contribution in [0.1, 0.15) is 21.5 Å². The fraction of sp³-hybridized carbons (Fsp3) is 0.0556. The molecule has 5 rings (SSSR count). The largest absolute Gasteiger partial charge is 0.455 e. The summed E-state index contributed by atoms with van der Waals surface area (Å²) in [7, 11) is 0. The van der Waals surface area contributed by atoms with Crippen LogP contribution in [-0.4, -0.2) is 15.9 Å². The molecule has 9 heteroatoms. The molecule has 0 spiro atoms. The molecular weight excluding hydrogens is 399 g/mol. The van der Waals surface area contributed by atoms with Gasteiger partial charge in [0.2, 0.25) is 5.95 Å². The molecule has 1 amide bonds. The fourth-order valence-electron chi connectivity index (χ4n) is 3.19. The van der Waals surface area contributed by atoms with Gasteiger partial charge in [-0.1, -0.05) is 23.2 Å². The molecule has 4 aromatic heterocycles. The third kappa shape index (κ3) is 2.39. The van der Waals surface area contributed by atoms with Gasteiger partial charge in [0.05, 0.1) is 22.5 Å². The zero-order valence-electron chi connectivity index (χ0n) is 13.2. The van der Waals surface area contributed by atoms with Gasteiger partial charge >= 0.3 is 0 Å². The minimum absolute atomic E-state index is 0.0802. The van der Waals surface area contributed by atoms with Crippen molar-refractivity contribution in [3.8, 4) is 11.1 Å². The molecule has 0 fully saturated rings. The lowest BCUT2D eigenvalue weighted by atomic mass is 9.99. The summed E-state index contributed by atoms with van der Waals surface area (Å²) in [6.45, 7) is 0. The summed E-state index contributed by atoms with van der Waals surface area (Å²) in [6.07, 6.45) is 3.14. The summed E-state index contributed by atoms with van der Waals surface area (Å²) in [4.78, 5) is 20.1. The number of furan rings is 2. The average Bonchev–Trinajstić information content (AvgIpc) is 3.25. The topological polar surface area (TPSA) is 68.0 Å². The van der Waals surface area contributed by atoms with E-state index in [9.17, 15) is 13.6 Å². The molecule has 5 nitrogen and oxygen atoms in total. The summed E-state index contributed by atoms with van der Waals surface area (Å²) >= 11 is 11.7. The van der Waals surface area contributed by atoms with Gasteiger partial charge in [-0.15, -0.1) is 0 Å². The van der Waals surface area contributed by atoms with E-state index in [4.69, 9.17) is 27.6 Å². The van der Waals surface area contributed by atoms with E-state index in [2.05, 4.69) is 15.3 Å². The number of nitrogens with zero attached hydrogens (tertiary/aromatic N) is 2. The smallest absolute Gasteiger partial charge is 0.260 e. The summed E-state index contributed by atoms with van der Waals surface area (Å²) in [5.41, 5.74) is 3.15. The van der Waals surface area contributed by atoms with Crippen molar-refractivity contribution in [3.63, 3.8) is 0 Å². The highest BCUT2D eigenvalue weighted by atomic mass is 35.5. The van der Waals surface area contributed by atoms with E-state index in [0.29, 0.717) is 23.3 Å². The maximum absolute atomic E-state index is 14.3. The number of benzene rings is 1. The molecule has 0 saturated carbocycles. The highest BCUT2D eigenvalue weighted by Gasteiger charge is 2.39. The van der Waals surface area contributed by atoms with Gasteiger partial charge in [-0.25, -0.2) is 14.4 Å². The standard InChI is InChI=1S/C18H7Cl2F2N3O2/c19-10-3-6(5-24-16(10)20)25-18(26)12-11(7-1-2-23-17(22)13(7)21)14-8-4-9(8)15(12)27-14/h1-3,5H,4H2,(H,25,26). The number of amides is 1. The number of nitrogens with one attached hydrogen (secondary N) is 1. The molecule has 0 unspecified atom stereocenters. The molecule has 4 heterocycles. The minimum atomic E-state index is -1.24. The Bertz CT molecular complexity index is 1260. The lowest BCUT2D eigenvalue weighted by Crippen LogP contribution is -2.13. The van der Waals surface area contributed by atoms with Crippen molar-refractivity contribution >= 4 is 46.0 Å². The number of aromatic nitrogens is 2. The number of carbonyl (C=O) groups is 1. The Morgan fingerprint density at radius 2 is 1.96 bits per heavy atom. The van der Waals surface area contributed by atoms with E-state index in [0.717, 1.165) is 17.3 Å². The van der Waals surface area contributed by atoms with Crippen LogP contribution < -0.4 is 5.32 Å². The molecule has 0 saturated heterocycles. The van der Waals surface area contributed by atoms with Crippen molar-refractivity contribution in [1.29, 1.82) is 0 Å². The molecule has 0 aromatic carbocycles. The van der Waals surface area contributed by atoms with Crippen molar-refractivity contribution in [3.05, 3.63) is 63.2 Å². The first-order valence-electron chi connectivity index (χ1n) is 7.78. The van der Waals surface area contributed by atoms with Crippen LogP contribution >= 0.6 is 23.2 Å². The van der Waals surface area contributed by atoms with E-state index < -0.39 is 17.7 Å². The predicted molar refractivity (Wildman–Crippen MR) is 95.6 cm³/mol. The monoisotopic (exact) mass is 405 g/mol. The van der Waals surface area contributed by atoms with Gasteiger partial charge < -0.3 is 9.73 Å². The van der Waals surface area contributed by atoms with Gasteiger partial charge in [-0.2, -0.15) is 4.39 Å². The van der Waals surface area contributed by atoms with Crippen LogP contribution in [0.3, 0.4) is 0 Å². The van der Waals surface area contributed by atoms with E-state index in [1.165, 1.54) is 18.3 Å². The molecule has 4 aromatic rings. The van der Waals surface area contributed by atoms with Crippen molar-refractivity contribution in [2.45, 2.75) is 6.42 Å². The van der Waals surface area contributed by atoms with Crippen LogP contribution in [0.4, 0.5) is 14.5 Å². The number of hydrogen-bond donors (Lipinski definition) is 1. The van der Waals surface area contributed by atoms with Gasteiger partial charge in [0, 0.05) is 34.9 Å². The second-order valence-electron chi connectivity index (χ2n) is 6.06. The van der Waals surface area contributed by atoms with Crippen molar-refractivity contribution in [2.75, 3.05) is 5.32 Å². The van der Waals surface area contributed by atoms with Gasteiger partial charge in [0.15, 0.2) is 5.82 Å². The molecule has 0 atom stereocenters. The van der Waals surface area contributed by atoms with E-state index >= 15 is 0 Å². The van der Waals surface area contributed by atoms with E-state index in [-0.39, 0.29) is 26.9 Å². The number of halogens is 4. The number of anilines is 1. The second-order valence-corrected chi connectivity index (χ2v) is 6.82. The summed E-state index contributed by atoms with van der Waals surface area (Å²) in [5, 5.41) is 2.91. The van der Waals surface area contributed by atoms with Crippen LogP contribution in [0.5, 0.6) is 0 Å². The molecule has 0 aliphatic heterocycles. The Labute approximate surface area is 160 Å². The normalized spacial score (nSPS) is 12.4. The Hall–Kier alpha value is -2.77. The van der Waals surface area contributed by atoms with Gasteiger partial charge in [0.1, 0.15) is 16.3 Å². The Morgan fingerprint density at radius 1 is 1.19 bits per heavy atom. The van der Waals surface area contributed by atoms with E-state index in [1.807, 2.05) is 0 Å². The molecule has 27 heavy (non-hydrogen) atoms. The Balaban J connectivity index is 1.63. The molecular formula is C18H7Cl2F2N3O2. The Kier molecular flexibility index (Phi) is 3.41. The number of carbonyl (C=O) groups excluding carboxylic acids is 1. The number of rotatable bonds is 3. The average molecular weight is 406 g/mol. The van der Waals surface area contributed by atoms with Crippen LogP contribution in [0, 0.1) is 11.8 Å². The summed E-state index contributed by atoms with van der Waals surface area (Å²) < 4.78 is 33.6. The first kappa shape index (κ1) is 16.4. The lowest BCUT2D eigenvalue weighted by molar-refractivity contribution is 0.102. The van der Waals surface area contributed by atoms with Crippen molar-refractivity contribution < 1.29 is 18.0 Å². The zero-order chi connectivity index (χ0) is 18.9. The van der Waals surface area contributed by atoms with Crippen LogP contribution in [0.2, 0.25) is 10.2 Å². The third-order valence-electron chi connectivity index (χ3n) is 4.45. The summed E-state index contributed by atoms with van der Waals surface area (Å²) in [6, 6.07) is 2.75. The van der Waals surface area contributed by atoms with Gasteiger partial charge in [-0.3, -0.25) is 4.79 Å². The van der Waals surface area contributed by atoms with Crippen molar-refractivity contribution in [1.82, 2.24) is 9.97 Å². The third-order valence-corrected chi connectivity index (χ3v) is 5.13. The maximum atomic E-state index is 14.3. The highest BCUT2D eigenvalue weighted by molar-refractivity contribution is 6.41. The van der Waals surface area contributed by atoms with E-state index in [1.54, 1.807) is 0 Å². The quantitative estimate of drug-likeness (QED) is 0.425. The SMILES string of the molecule is O=C(Nc1cnc(Cl)c(Cl)c1)c1c(-c2ccnc(F)c2F)c2oc1c1c2C1. The number of fused-ring (bicyclic) bond motifs is 5. The van der Waals surface area contributed by atoms with Gasteiger partial charge in [-0.05, 0) is 12.1 Å². The fourth-order valence-corrected chi connectivity index (χ4v) is 3.46. The first-order chi connectivity index (χ1) is 13.0. The molecule has 1 N–H and O–H groups in total. The predicted octanol–water partition coefficient (Wildman–Crippen LogP) is 5.07. The van der Waals surface area contributed by atoms with Crippen LogP contribution in [-0.2, 0) is 6.42 Å². The first-order valence-corrected chi connectivity index (χ1v) is 8.53. The second kappa shape index (κ2) is 5.61. The Morgan fingerprint density at radius 3 is 2.74 bits per heavy atom. The van der Waals surface area contributed by atoms with Crippen molar-refractivity contribution in [2.24, 2.45) is 0 Å². The molecule has 1 aliphatic carbocycles. The molecule has 134 valence electrons. The minimum Gasteiger partial charge on any atom is -0.455 e. The maximum Gasteiger partial charge on any atom is 0.260 e. The summed E-state index contributed by atoms with van der Waals surface area (Å²) in [5.74, 6) is -2.93. The number of hydrogen-bond acceptors (Lipinski definition) is 4. The highest BCUT2D eigenvalue weighted by Crippen LogP contribution is 2.51. The van der Waals surface area contributed by atoms with Crippen LogP contribution in [0.25, 0.3) is 22.3 Å². The lowest BCUT2D eigenvalue weighted by Gasteiger charge is -2.08. The number of pyridine rings is 2.